The average molecular weight is 490 g/mol. The highest BCUT2D eigenvalue weighted by Gasteiger charge is 2.29. The van der Waals surface area contributed by atoms with Crippen molar-refractivity contribution in [2.24, 2.45) is 7.05 Å². The summed E-state index contributed by atoms with van der Waals surface area (Å²) in [6, 6.07) is 4.47. The van der Waals surface area contributed by atoms with Crippen molar-refractivity contribution in [2.45, 2.75) is 25.3 Å². The van der Waals surface area contributed by atoms with Crippen molar-refractivity contribution in [2.75, 3.05) is 26.2 Å². The number of hydrogen-bond acceptors (Lipinski definition) is 8. The van der Waals surface area contributed by atoms with Crippen LogP contribution < -0.4 is 11.3 Å². The molecule has 3 aromatic heterocycles. The fourth-order valence-electron chi connectivity index (χ4n) is 4.14. The Morgan fingerprint density at radius 1 is 1.15 bits per heavy atom. The van der Waals surface area contributed by atoms with E-state index in [0.29, 0.717) is 49.5 Å². The van der Waals surface area contributed by atoms with Crippen LogP contribution in [0.3, 0.4) is 0 Å². The van der Waals surface area contributed by atoms with Crippen LogP contribution in [0.2, 0.25) is 0 Å². The number of aryl methyl sites for hydroxylation is 3. The monoisotopic (exact) mass is 489 g/mol. The number of sulfonamides is 1. The van der Waals surface area contributed by atoms with Crippen LogP contribution in [0.15, 0.2) is 37.1 Å². The molecule has 5 rings (SSSR count). The number of aromatic amines is 1. The van der Waals surface area contributed by atoms with E-state index < -0.39 is 15.8 Å². The van der Waals surface area contributed by atoms with Crippen molar-refractivity contribution in [1.82, 2.24) is 23.7 Å². The number of H-pyrrole nitrogens is 1. The van der Waals surface area contributed by atoms with Gasteiger partial charge in [-0.2, -0.15) is 4.31 Å². The summed E-state index contributed by atoms with van der Waals surface area (Å²) in [6.07, 6.45) is 0. The summed E-state index contributed by atoms with van der Waals surface area (Å²) >= 11 is 1.51. The third-order valence-corrected chi connectivity index (χ3v) is 9.19. The molecule has 0 bridgehead atoms. The highest BCUT2D eigenvalue weighted by Crippen LogP contribution is 2.26. The number of aromatic nitrogens is 3. The van der Waals surface area contributed by atoms with Gasteiger partial charge in [-0.3, -0.25) is 14.3 Å². The minimum atomic E-state index is -3.73. The lowest BCUT2D eigenvalue weighted by molar-refractivity contribution is 0.178. The molecule has 0 saturated carbocycles. The number of rotatable bonds is 4. The quantitative estimate of drug-likeness (QED) is 0.462. The summed E-state index contributed by atoms with van der Waals surface area (Å²) < 4.78 is 34.2. The third-order valence-electron chi connectivity index (χ3n) is 6.19. The highest BCUT2D eigenvalue weighted by molar-refractivity contribution is 7.89. The smallest absolute Gasteiger partial charge is 0.408 e. The SMILES string of the molecule is Cc1sc2nc(CN3CCN(S(=O)(=O)c4ccc5c(c4)oc(=O)n5C)CC3)[nH]c(=O)c2c1C. The van der Waals surface area contributed by atoms with Crippen molar-refractivity contribution in [3.05, 3.63) is 55.4 Å². The summed E-state index contributed by atoms with van der Waals surface area (Å²) in [5.74, 6) is 0.0421. The number of piperazine rings is 1. The van der Waals surface area contributed by atoms with Crippen LogP contribution in [0.5, 0.6) is 0 Å². The Kier molecular flexibility index (Phi) is 5.27. The van der Waals surface area contributed by atoms with Crippen molar-refractivity contribution in [3.8, 4) is 0 Å². The maximum atomic E-state index is 13.1. The van der Waals surface area contributed by atoms with Crippen molar-refractivity contribution < 1.29 is 12.8 Å². The van der Waals surface area contributed by atoms with E-state index in [2.05, 4.69) is 14.9 Å². The summed E-state index contributed by atoms with van der Waals surface area (Å²) in [5.41, 5.74) is 1.60. The maximum Gasteiger partial charge on any atom is 0.419 e. The van der Waals surface area contributed by atoms with Crippen molar-refractivity contribution >= 4 is 42.7 Å². The number of thiophene rings is 1. The van der Waals surface area contributed by atoms with E-state index in [1.54, 1.807) is 13.1 Å². The Labute approximate surface area is 193 Å². The Balaban J connectivity index is 1.31. The van der Waals surface area contributed by atoms with Gasteiger partial charge in [0.15, 0.2) is 5.58 Å². The first-order valence-electron chi connectivity index (χ1n) is 10.5. The molecule has 33 heavy (non-hydrogen) atoms. The molecule has 1 saturated heterocycles. The summed E-state index contributed by atoms with van der Waals surface area (Å²) in [4.78, 5) is 35.7. The first kappa shape index (κ1) is 22.0. The maximum absolute atomic E-state index is 13.1. The molecule has 12 heteroatoms. The molecule has 4 aromatic rings. The van der Waals surface area contributed by atoms with Crippen LogP contribution in [-0.4, -0.2) is 58.3 Å². The summed E-state index contributed by atoms with van der Waals surface area (Å²) in [6.45, 7) is 5.97. The van der Waals surface area contributed by atoms with Crippen LogP contribution >= 0.6 is 11.3 Å². The second kappa shape index (κ2) is 7.90. The lowest BCUT2D eigenvalue weighted by Gasteiger charge is -2.33. The third kappa shape index (κ3) is 3.72. The van der Waals surface area contributed by atoms with E-state index in [4.69, 9.17) is 4.42 Å². The van der Waals surface area contributed by atoms with Gasteiger partial charge in [-0.25, -0.2) is 18.2 Å². The lowest BCUT2D eigenvalue weighted by Crippen LogP contribution is -2.48. The molecule has 1 aromatic carbocycles. The zero-order valence-corrected chi connectivity index (χ0v) is 20.0. The average Bonchev–Trinajstić information content (AvgIpc) is 3.23. The first-order valence-corrected chi connectivity index (χ1v) is 12.7. The molecule has 0 amide bonds. The number of hydrogen-bond donors (Lipinski definition) is 1. The van der Waals surface area contributed by atoms with Gasteiger partial charge in [-0.05, 0) is 31.5 Å². The molecule has 1 aliphatic rings. The topological polar surface area (TPSA) is 122 Å². The molecule has 1 N–H and O–H groups in total. The standard InChI is InChI=1S/C21H23N5O5S2/c1-12-13(2)32-20-18(12)19(27)22-17(23-20)11-25-6-8-26(9-7-25)33(29,30)14-4-5-15-16(10-14)31-21(28)24(15)3/h4-5,10H,6-9,11H2,1-3H3,(H,22,23,27). The molecule has 0 atom stereocenters. The number of oxazole rings is 1. The lowest BCUT2D eigenvalue weighted by atomic mass is 10.2. The predicted octanol–water partition coefficient (Wildman–Crippen LogP) is 1.55. The van der Waals surface area contributed by atoms with Crippen LogP contribution in [-0.2, 0) is 23.6 Å². The highest BCUT2D eigenvalue weighted by atomic mass is 32.2. The Morgan fingerprint density at radius 3 is 2.61 bits per heavy atom. The Morgan fingerprint density at radius 2 is 1.88 bits per heavy atom. The molecule has 0 unspecified atom stereocenters. The van der Waals surface area contributed by atoms with Crippen molar-refractivity contribution in [1.29, 1.82) is 0 Å². The zero-order valence-electron chi connectivity index (χ0n) is 18.4. The summed E-state index contributed by atoms with van der Waals surface area (Å²) in [7, 11) is -2.16. The number of nitrogens with one attached hydrogen (secondary N) is 1. The molecule has 1 aliphatic heterocycles. The van der Waals surface area contributed by atoms with Gasteiger partial charge in [-0.15, -0.1) is 11.3 Å². The van der Waals surface area contributed by atoms with Gasteiger partial charge in [0, 0.05) is 44.2 Å². The van der Waals surface area contributed by atoms with Gasteiger partial charge < -0.3 is 9.40 Å². The molecule has 0 aliphatic carbocycles. The molecule has 0 spiro atoms. The van der Waals surface area contributed by atoms with Gasteiger partial charge in [0.2, 0.25) is 10.0 Å². The Bertz CT molecular complexity index is 1600. The molecule has 10 nitrogen and oxygen atoms in total. The minimum absolute atomic E-state index is 0.0951. The van der Waals surface area contributed by atoms with Gasteiger partial charge in [-0.1, -0.05) is 0 Å². The van der Waals surface area contributed by atoms with E-state index in [9.17, 15) is 18.0 Å². The van der Waals surface area contributed by atoms with E-state index in [0.717, 1.165) is 15.3 Å². The molecule has 174 valence electrons. The molecule has 1 fully saturated rings. The van der Waals surface area contributed by atoms with Crippen molar-refractivity contribution in [3.63, 3.8) is 0 Å². The van der Waals surface area contributed by atoms with E-state index in [1.807, 2.05) is 13.8 Å². The van der Waals surface area contributed by atoms with Crippen LogP contribution in [0.25, 0.3) is 21.3 Å². The van der Waals surface area contributed by atoms with Crippen LogP contribution in [0.4, 0.5) is 0 Å². The van der Waals surface area contributed by atoms with E-state index in [1.165, 1.54) is 32.3 Å². The second-order valence-corrected chi connectivity index (χ2v) is 11.4. The zero-order chi connectivity index (χ0) is 23.5. The van der Waals surface area contributed by atoms with Gasteiger partial charge >= 0.3 is 5.76 Å². The van der Waals surface area contributed by atoms with Crippen LogP contribution in [0, 0.1) is 13.8 Å². The molecule has 0 radical (unpaired) electrons. The van der Waals surface area contributed by atoms with Gasteiger partial charge in [0.1, 0.15) is 10.7 Å². The predicted molar refractivity (Wildman–Crippen MR) is 125 cm³/mol. The van der Waals surface area contributed by atoms with E-state index >= 15 is 0 Å². The van der Waals surface area contributed by atoms with Gasteiger partial charge in [0.05, 0.1) is 22.3 Å². The normalized spacial score (nSPS) is 16.2. The molecule has 4 heterocycles. The fraction of sp³-hybridized carbons (Fsp3) is 0.381. The first-order chi connectivity index (χ1) is 15.6. The molecular formula is C21H23N5O5S2. The van der Waals surface area contributed by atoms with E-state index in [-0.39, 0.29) is 16.0 Å². The van der Waals surface area contributed by atoms with Crippen LogP contribution in [0.1, 0.15) is 16.3 Å². The number of fused-ring (bicyclic) bond motifs is 2. The second-order valence-electron chi connectivity index (χ2n) is 8.21. The Hall–Kier alpha value is -2.80. The summed E-state index contributed by atoms with van der Waals surface area (Å²) in [5, 5.41) is 0.642. The minimum Gasteiger partial charge on any atom is -0.408 e. The number of nitrogens with zero attached hydrogens (tertiary/aromatic N) is 4. The largest absolute Gasteiger partial charge is 0.419 e. The van der Waals surface area contributed by atoms with Gasteiger partial charge in [0.25, 0.3) is 5.56 Å². The number of benzene rings is 1. The fourth-order valence-corrected chi connectivity index (χ4v) is 6.62. The molecular weight excluding hydrogens is 466 g/mol.